The first-order valence-electron chi connectivity index (χ1n) is 7.25. The van der Waals surface area contributed by atoms with Crippen LogP contribution >= 0.6 is 11.6 Å². The number of nitrogens with zero attached hydrogens (tertiary/aromatic N) is 2. The molecule has 0 aliphatic carbocycles. The minimum atomic E-state index is 0.497. The van der Waals surface area contributed by atoms with Gasteiger partial charge in [-0.05, 0) is 37.3 Å². The fraction of sp³-hybridized carbons (Fsp3) is 0.733. The van der Waals surface area contributed by atoms with Crippen molar-refractivity contribution in [2.75, 3.05) is 11.9 Å². The molecule has 0 atom stereocenters. The molecule has 1 N–H and O–H groups in total. The van der Waals surface area contributed by atoms with Crippen LogP contribution in [0.1, 0.15) is 57.1 Å². The molecule has 0 saturated carbocycles. The Labute approximate surface area is 122 Å². The summed E-state index contributed by atoms with van der Waals surface area (Å²) in [6.45, 7) is 9.53. The molecule has 19 heavy (non-hydrogen) atoms. The minimum absolute atomic E-state index is 0.497. The van der Waals surface area contributed by atoms with Crippen LogP contribution < -0.4 is 5.32 Å². The molecule has 1 rings (SSSR count). The summed E-state index contributed by atoms with van der Waals surface area (Å²) in [5.74, 6) is 1.69. The van der Waals surface area contributed by atoms with Gasteiger partial charge in [0.2, 0.25) is 0 Å². The SMILES string of the molecule is Cc1c(Cl)nnc(NCCCCCCC(C)C)c1C. The molecule has 108 valence electrons. The highest BCUT2D eigenvalue weighted by Crippen LogP contribution is 2.20. The van der Waals surface area contributed by atoms with Crippen molar-refractivity contribution < 1.29 is 0 Å². The number of aromatic nitrogens is 2. The number of nitrogens with one attached hydrogen (secondary N) is 1. The molecular weight excluding hydrogens is 258 g/mol. The second-order valence-corrected chi connectivity index (χ2v) is 5.97. The highest BCUT2D eigenvalue weighted by atomic mass is 35.5. The fourth-order valence-electron chi connectivity index (χ4n) is 1.98. The topological polar surface area (TPSA) is 37.8 Å². The van der Waals surface area contributed by atoms with Crippen molar-refractivity contribution in [1.29, 1.82) is 0 Å². The summed E-state index contributed by atoms with van der Waals surface area (Å²) in [4.78, 5) is 0. The van der Waals surface area contributed by atoms with Crippen LogP contribution in [0, 0.1) is 19.8 Å². The van der Waals surface area contributed by atoms with E-state index in [-0.39, 0.29) is 0 Å². The maximum Gasteiger partial charge on any atom is 0.155 e. The normalized spacial score (nSPS) is 11.1. The van der Waals surface area contributed by atoms with E-state index in [0.29, 0.717) is 5.15 Å². The molecule has 0 bridgehead atoms. The fourth-order valence-corrected chi connectivity index (χ4v) is 2.16. The van der Waals surface area contributed by atoms with Crippen molar-refractivity contribution in [3.8, 4) is 0 Å². The third-order valence-electron chi connectivity index (χ3n) is 3.47. The molecule has 1 heterocycles. The molecule has 0 fully saturated rings. The molecule has 3 nitrogen and oxygen atoms in total. The van der Waals surface area contributed by atoms with E-state index in [1.165, 1.54) is 32.1 Å². The monoisotopic (exact) mass is 283 g/mol. The van der Waals surface area contributed by atoms with E-state index in [1.54, 1.807) is 0 Å². The average molecular weight is 284 g/mol. The molecule has 0 amide bonds. The molecule has 0 spiro atoms. The van der Waals surface area contributed by atoms with Gasteiger partial charge in [-0.1, -0.05) is 51.1 Å². The predicted molar refractivity (Wildman–Crippen MR) is 82.9 cm³/mol. The highest BCUT2D eigenvalue weighted by molar-refractivity contribution is 6.30. The summed E-state index contributed by atoms with van der Waals surface area (Å²) in [5, 5.41) is 11.9. The lowest BCUT2D eigenvalue weighted by Gasteiger charge is -2.10. The largest absolute Gasteiger partial charge is 0.368 e. The zero-order chi connectivity index (χ0) is 14.3. The zero-order valence-electron chi connectivity index (χ0n) is 12.6. The number of halogens is 1. The second kappa shape index (κ2) is 8.36. The lowest BCUT2D eigenvalue weighted by Crippen LogP contribution is -2.07. The van der Waals surface area contributed by atoms with Gasteiger partial charge in [0.1, 0.15) is 0 Å². The summed E-state index contributed by atoms with van der Waals surface area (Å²) in [7, 11) is 0. The molecule has 0 aliphatic heterocycles. The van der Waals surface area contributed by atoms with Crippen LogP contribution in [0.15, 0.2) is 0 Å². The maximum absolute atomic E-state index is 5.93. The molecule has 0 radical (unpaired) electrons. The van der Waals surface area contributed by atoms with Gasteiger partial charge >= 0.3 is 0 Å². The van der Waals surface area contributed by atoms with E-state index in [9.17, 15) is 0 Å². The zero-order valence-corrected chi connectivity index (χ0v) is 13.3. The van der Waals surface area contributed by atoms with E-state index in [0.717, 1.165) is 29.4 Å². The first-order valence-corrected chi connectivity index (χ1v) is 7.63. The molecule has 0 unspecified atom stereocenters. The third-order valence-corrected chi connectivity index (χ3v) is 3.82. The molecule has 0 aromatic carbocycles. The Morgan fingerprint density at radius 3 is 2.37 bits per heavy atom. The van der Waals surface area contributed by atoms with Crippen LogP contribution in [-0.2, 0) is 0 Å². The lowest BCUT2D eigenvalue weighted by atomic mass is 10.0. The Kier molecular flexibility index (Phi) is 7.14. The first kappa shape index (κ1) is 16.2. The Morgan fingerprint density at radius 1 is 1.00 bits per heavy atom. The Balaban J connectivity index is 2.21. The number of rotatable bonds is 8. The van der Waals surface area contributed by atoms with Gasteiger partial charge in [-0.3, -0.25) is 0 Å². The predicted octanol–water partition coefficient (Wildman–Crippen LogP) is 4.77. The summed E-state index contributed by atoms with van der Waals surface area (Å²) in [6.07, 6.45) is 6.47. The van der Waals surface area contributed by atoms with Crippen LogP contribution in [-0.4, -0.2) is 16.7 Å². The summed E-state index contributed by atoms with van der Waals surface area (Å²) < 4.78 is 0. The average Bonchev–Trinajstić information content (AvgIpc) is 2.37. The Morgan fingerprint density at radius 2 is 1.68 bits per heavy atom. The highest BCUT2D eigenvalue weighted by Gasteiger charge is 2.07. The van der Waals surface area contributed by atoms with Crippen molar-refractivity contribution in [3.63, 3.8) is 0 Å². The molecule has 1 aromatic rings. The van der Waals surface area contributed by atoms with E-state index in [2.05, 4.69) is 29.4 Å². The third kappa shape index (κ3) is 5.77. The molecule has 1 aromatic heterocycles. The van der Waals surface area contributed by atoms with Crippen molar-refractivity contribution in [2.45, 2.75) is 59.8 Å². The number of hydrogen-bond acceptors (Lipinski definition) is 3. The second-order valence-electron chi connectivity index (χ2n) is 5.61. The van der Waals surface area contributed by atoms with Crippen LogP contribution in [0.25, 0.3) is 0 Å². The Hall–Kier alpha value is -0.830. The first-order chi connectivity index (χ1) is 9.02. The van der Waals surface area contributed by atoms with Gasteiger partial charge in [-0.15, -0.1) is 10.2 Å². The minimum Gasteiger partial charge on any atom is -0.368 e. The van der Waals surface area contributed by atoms with Gasteiger partial charge in [-0.25, -0.2) is 0 Å². The number of hydrogen-bond donors (Lipinski definition) is 1. The molecule has 0 aliphatic rings. The van der Waals surface area contributed by atoms with Crippen LogP contribution in [0.5, 0.6) is 0 Å². The van der Waals surface area contributed by atoms with Crippen LogP contribution in [0.3, 0.4) is 0 Å². The van der Waals surface area contributed by atoms with E-state index in [4.69, 9.17) is 11.6 Å². The van der Waals surface area contributed by atoms with Crippen molar-refractivity contribution in [2.24, 2.45) is 5.92 Å². The van der Waals surface area contributed by atoms with E-state index >= 15 is 0 Å². The quantitative estimate of drug-likeness (QED) is 0.699. The Bertz CT molecular complexity index is 391. The standard InChI is InChI=1S/C15H26ClN3/c1-11(2)9-7-5-6-8-10-17-15-13(4)12(3)14(16)18-19-15/h11H,5-10H2,1-4H3,(H,17,19). The van der Waals surface area contributed by atoms with E-state index in [1.807, 2.05) is 13.8 Å². The van der Waals surface area contributed by atoms with Gasteiger partial charge in [0.05, 0.1) is 0 Å². The van der Waals surface area contributed by atoms with E-state index < -0.39 is 0 Å². The summed E-state index contributed by atoms with van der Waals surface area (Å²) in [6, 6.07) is 0. The number of unbranched alkanes of at least 4 members (excludes halogenated alkanes) is 3. The van der Waals surface area contributed by atoms with Crippen molar-refractivity contribution in [1.82, 2.24) is 10.2 Å². The lowest BCUT2D eigenvalue weighted by molar-refractivity contribution is 0.523. The summed E-state index contributed by atoms with van der Waals surface area (Å²) >= 11 is 5.93. The molecular formula is C15H26ClN3. The van der Waals surface area contributed by atoms with Gasteiger partial charge < -0.3 is 5.32 Å². The number of anilines is 1. The summed E-state index contributed by atoms with van der Waals surface area (Å²) in [5.41, 5.74) is 2.11. The van der Waals surface area contributed by atoms with Gasteiger partial charge in [-0.2, -0.15) is 0 Å². The van der Waals surface area contributed by atoms with Gasteiger partial charge in [0.15, 0.2) is 11.0 Å². The van der Waals surface area contributed by atoms with Gasteiger partial charge in [0, 0.05) is 6.54 Å². The molecule has 0 saturated heterocycles. The van der Waals surface area contributed by atoms with Gasteiger partial charge in [0.25, 0.3) is 0 Å². The van der Waals surface area contributed by atoms with Crippen LogP contribution in [0.2, 0.25) is 5.15 Å². The smallest absolute Gasteiger partial charge is 0.155 e. The van der Waals surface area contributed by atoms with Crippen molar-refractivity contribution in [3.05, 3.63) is 16.3 Å². The van der Waals surface area contributed by atoms with Crippen molar-refractivity contribution >= 4 is 17.4 Å². The molecule has 4 heteroatoms. The maximum atomic E-state index is 5.93. The van der Waals surface area contributed by atoms with Crippen LogP contribution in [0.4, 0.5) is 5.82 Å².